The second kappa shape index (κ2) is 34.5. The van der Waals surface area contributed by atoms with Gasteiger partial charge < -0.3 is 33.0 Å². The van der Waals surface area contributed by atoms with Gasteiger partial charge in [-0.3, -0.25) is 0 Å². The normalized spacial score (nSPS) is 11.5. The van der Waals surface area contributed by atoms with E-state index in [0.29, 0.717) is 0 Å². The molecule has 0 N–H and O–H groups in total. The molecule has 0 aliphatic carbocycles. The van der Waals surface area contributed by atoms with Crippen molar-refractivity contribution < 1.29 is 8.83 Å². The van der Waals surface area contributed by atoms with Gasteiger partial charge >= 0.3 is 0 Å². The Kier molecular flexibility index (Phi) is 20.4. The number of thiophene rings is 1. The molecule has 0 radical (unpaired) electrons. The van der Waals surface area contributed by atoms with Crippen molar-refractivity contribution in [3.63, 3.8) is 0 Å². The zero-order valence-corrected chi connectivity index (χ0v) is 74.9. The lowest BCUT2D eigenvalue weighted by Crippen LogP contribution is -2.10. The first-order chi connectivity index (χ1) is 67.4. The van der Waals surface area contributed by atoms with Crippen LogP contribution in [0.25, 0.3) is 169 Å². The van der Waals surface area contributed by atoms with Crippen molar-refractivity contribution in [1.29, 1.82) is 0 Å². The molecular weight excluding hydrogens is 1670 g/mol. The molecule has 26 rings (SSSR count). The van der Waals surface area contributed by atoms with Crippen molar-refractivity contribution in [1.82, 2.24) is 4.57 Å². The minimum atomic E-state index is 0.873. The average molecular weight is 1760 g/mol. The summed E-state index contributed by atoms with van der Waals surface area (Å²) in [6.07, 6.45) is 0. The van der Waals surface area contributed by atoms with Crippen LogP contribution in [-0.2, 0) is 0 Å². The standard InChI is InChI=1S/C66H45N3S.C62H40N2O2/c1-4-16-46(17-5-1)47-30-38-55(39-31-47)68(62-27-15-28-63-66(62)59-25-10-12-26-61(59)69(63)53-22-8-3-9-23-53)56-40-34-49(35-41-56)51-19-14-18-50(44-51)48-32-36-54(37-33-48)67(52-20-6-2-7-21-52)57-42-43-65-60(45-57)58-24-11-13-29-64(58)70-65;1-3-15-43-35-49(29-27-41(43)13-1)63(51-31-33-61-57(39-51)55-23-7-9-25-59(55)65-61)47-19-11-17-45(37-47)53-21-5-6-22-54(53)46-18-12-20-48(38-46)64(50-30-28-42-14-2-4-16-44(42)36-50)52-32-34-62-58(40-52)56-24-8-10-26-60(56)66-62/h1-45H;1-40H. The van der Waals surface area contributed by atoms with Crippen molar-refractivity contribution in [3.05, 3.63) is 516 Å². The third-order valence-corrected chi connectivity index (χ3v) is 27.7. The summed E-state index contributed by atoms with van der Waals surface area (Å²) in [6.45, 7) is 0. The number of furan rings is 2. The smallest absolute Gasteiger partial charge is 0.135 e. The molecule has 0 atom stereocenters. The summed E-state index contributed by atoms with van der Waals surface area (Å²) in [7, 11) is 0. The molecule has 0 saturated heterocycles. The van der Waals surface area contributed by atoms with Crippen LogP contribution in [0.15, 0.2) is 524 Å². The topological polar surface area (TPSA) is 44.2 Å². The SMILES string of the molecule is c1cc(-c2ccccc2-c2cccc(N(c3ccc4ccccc4c3)c3ccc4oc5ccccc5c4c3)c2)cc(N(c2ccc3ccccc3c2)c2ccc3oc4ccccc4c3c2)c1.c1ccc(-c2ccc(N(c3ccc(-c4cccc(-c5ccc(N(c6ccccc6)c6ccc7sc8ccccc8c7c6)cc5)c4)cc3)c3cccc4c3c3ccccc3n4-c3ccccc3)cc2)cc1. The van der Waals surface area contributed by atoms with E-state index in [9.17, 15) is 0 Å². The predicted molar refractivity (Wildman–Crippen MR) is 576 cm³/mol. The van der Waals surface area contributed by atoms with Gasteiger partial charge in [-0.1, -0.05) is 309 Å². The molecule has 0 aliphatic heterocycles. The molecule has 4 aromatic heterocycles. The maximum atomic E-state index is 6.28. The van der Waals surface area contributed by atoms with Gasteiger partial charge in [0.25, 0.3) is 0 Å². The highest BCUT2D eigenvalue weighted by molar-refractivity contribution is 7.25. The maximum absolute atomic E-state index is 6.28. The number of hydrogen-bond acceptors (Lipinski definition) is 7. The van der Waals surface area contributed by atoms with Crippen molar-refractivity contribution in [2.75, 3.05) is 19.6 Å². The second-order valence-electron chi connectivity index (χ2n) is 34.7. The van der Waals surface area contributed by atoms with E-state index in [-0.39, 0.29) is 0 Å². The van der Waals surface area contributed by atoms with Gasteiger partial charge in [0.15, 0.2) is 0 Å². The summed E-state index contributed by atoms with van der Waals surface area (Å²) in [4.78, 5) is 9.50. The summed E-state index contributed by atoms with van der Waals surface area (Å²) < 4.78 is 17.6. The molecule has 0 amide bonds. The molecule has 4 heterocycles. The van der Waals surface area contributed by atoms with Gasteiger partial charge in [0.2, 0.25) is 0 Å². The van der Waals surface area contributed by atoms with Crippen LogP contribution in [0.2, 0.25) is 0 Å². The van der Waals surface area contributed by atoms with Crippen molar-refractivity contribution >= 4 is 187 Å². The summed E-state index contributed by atoms with van der Waals surface area (Å²) in [5.41, 5.74) is 31.7. The van der Waals surface area contributed by atoms with Gasteiger partial charge in [-0.05, 0) is 283 Å². The Morgan fingerprint density at radius 3 is 1.09 bits per heavy atom. The van der Waals surface area contributed by atoms with Crippen molar-refractivity contribution in [2.24, 2.45) is 0 Å². The van der Waals surface area contributed by atoms with Gasteiger partial charge in [0.05, 0.1) is 16.7 Å². The fourth-order valence-electron chi connectivity index (χ4n) is 20.1. The number of para-hydroxylation sites is 5. The lowest BCUT2D eigenvalue weighted by atomic mass is 9.93. The molecular formula is C128H85N5O2S. The third kappa shape index (κ3) is 14.8. The number of nitrogens with zero attached hydrogens (tertiary/aromatic N) is 5. The molecule has 0 fully saturated rings. The van der Waals surface area contributed by atoms with Crippen LogP contribution in [0.1, 0.15) is 0 Å². The monoisotopic (exact) mass is 1760 g/mol. The molecule has 8 heteroatoms. The number of anilines is 12. The summed E-state index contributed by atoms with van der Waals surface area (Å²) in [6, 6.07) is 186. The van der Waals surface area contributed by atoms with Gasteiger partial charge in [0, 0.05) is 121 Å². The Hall–Kier alpha value is -17.8. The first-order valence-electron chi connectivity index (χ1n) is 46.2. The predicted octanol–water partition coefficient (Wildman–Crippen LogP) is 37.2. The van der Waals surface area contributed by atoms with Gasteiger partial charge in [0.1, 0.15) is 22.3 Å². The summed E-state index contributed by atoms with van der Waals surface area (Å²) in [5, 5.41) is 14.2. The minimum Gasteiger partial charge on any atom is -0.456 e. The van der Waals surface area contributed by atoms with E-state index in [0.717, 1.165) is 146 Å². The van der Waals surface area contributed by atoms with Crippen molar-refractivity contribution in [3.8, 4) is 61.3 Å². The molecule has 136 heavy (non-hydrogen) atoms. The van der Waals surface area contributed by atoms with E-state index in [2.05, 4.69) is 516 Å². The van der Waals surface area contributed by atoms with Crippen LogP contribution >= 0.6 is 11.3 Å². The fourth-order valence-corrected chi connectivity index (χ4v) is 21.2. The van der Waals surface area contributed by atoms with Crippen LogP contribution in [0.5, 0.6) is 0 Å². The highest BCUT2D eigenvalue weighted by Gasteiger charge is 2.26. The Balaban J connectivity index is 0.000000145. The van der Waals surface area contributed by atoms with Gasteiger partial charge in [-0.15, -0.1) is 11.3 Å². The highest BCUT2D eigenvalue weighted by atomic mass is 32.1. The molecule has 0 bridgehead atoms. The van der Waals surface area contributed by atoms with E-state index >= 15 is 0 Å². The van der Waals surface area contributed by atoms with E-state index < -0.39 is 0 Å². The molecule has 0 spiro atoms. The first kappa shape index (κ1) is 80.3. The molecule has 0 unspecified atom stereocenters. The second-order valence-corrected chi connectivity index (χ2v) is 35.8. The Bertz CT molecular complexity index is 8750. The maximum Gasteiger partial charge on any atom is 0.135 e. The Labute approximate surface area is 791 Å². The zero-order chi connectivity index (χ0) is 89.9. The molecule has 0 aliphatic rings. The lowest BCUT2D eigenvalue weighted by molar-refractivity contribution is 0.668. The first-order valence-corrected chi connectivity index (χ1v) is 47.0. The third-order valence-electron chi connectivity index (χ3n) is 26.6. The highest BCUT2D eigenvalue weighted by Crippen LogP contribution is 2.50. The van der Waals surface area contributed by atoms with Crippen LogP contribution < -0.4 is 19.6 Å². The van der Waals surface area contributed by atoms with Crippen LogP contribution in [0.4, 0.5) is 68.2 Å². The number of aromatic nitrogens is 1. The molecule has 22 aromatic carbocycles. The van der Waals surface area contributed by atoms with Gasteiger partial charge in [-0.2, -0.15) is 0 Å². The number of fused-ring (bicyclic) bond motifs is 14. The van der Waals surface area contributed by atoms with E-state index in [4.69, 9.17) is 8.83 Å². The largest absolute Gasteiger partial charge is 0.456 e. The van der Waals surface area contributed by atoms with E-state index in [1.807, 2.05) is 35.6 Å². The molecule has 640 valence electrons. The lowest BCUT2D eigenvalue weighted by Gasteiger charge is -2.27. The Morgan fingerprint density at radius 1 is 0.176 bits per heavy atom. The fraction of sp³-hybridized carbons (Fsp3) is 0. The van der Waals surface area contributed by atoms with Crippen LogP contribution in [0.3, 0.4) is 0 Å². The molecule has 0 saturated carbocycles. The number of rotatable bonds is 18. The Morgan fingerprint density at radius 2 is 0.522 bits per heavy atom. The number of hydrogen-bond donors (Lipinski definition) is 0. The average Bonchev–Trinajstić information content (AvgIpc) is 1.57. The quantitative estimate of drug-likeness (QED) is 0.0853. The van der Waals surface area contributed by atoms with Gasteiger partial charge in [-0.25, -0.2) is 0 Å². The zero-order valence-electron chi connectivity index (χ0n) is 74.0. The van der Waals surface area contributed by atoms with E-state index in [1.165, 1.54) is 91.3 Å². The summed E-state index contributed by atoms with van der Waals surface area (Å²) >= 11 is 1.85. The van der Waals surface area contributed by atoms with E-state index in [1.54, 1.807) is 0 Å². The molecule has 7 nitrogen and oxygen atoms in total. The molecule has 26 aromatic rings. The van der Waals surface area contributed by atoms with Crippen LogP contribution in [-0.4, -0.2) is 4.57 Å². The number of benzene rings is 22. The minimum absolute atomic E-state index is 0.873. The summed E-state index contributed by atoms with van der Waals surface area (Å²) in [5.74, 6) is 0. The van der Waals surface area contributed by atoms with Crippen LogP contribution in [0, 0.1) is 0 Å². The van der Waals surface area contributed by atoms with Crippen molar-refractivity contribution in [2.45, 2.75) is 0 Å².